The van der Waals surface area contributed by atoms with Crippen molar-refractivity contribution >= 4 is 5.78 Å². The first-order chi connectivity index (χ1) is 6.15. The lowest BCUT2D eigenvalue weighted by Gasteiger charge is -2.30. The van der Waals surface area contributed by atoms with Gasteiger partial charge in [-0.15, -0.1) is 0 Å². The summed E-state index contributed by atoms with van der Waals surface area (Å²) in [6.07, 6.45) is 5.95. The molecule has 0 aromatic rings. The van der Waals surface area contributed by atoms with Crippen molar-refractivity contribution in [3.63, 3.8) is 0 Å². The summed E-state index contributed by atoms with van der Waals surface area (Å²) in [5, 5.41) is 0. The van der Waals surface area contributed by atoms with E-state index >= 15 is 0 Å². The van der Waals surface area contributed by atoms with E-state index in [9.17, 15) is 4.79 Å². The molecule has 3 atom stereocenters. The van der Waals surface area contributed by atoms with Crippen LogP contribution >= 0.6 is 0 Å². The maximum Gasteiger partial charge on any atom is 0.135 e. The van der Waals surface area contributed by atoms with E-state index in [0.717, 1.165) is 5.92 Å². The van der Waals surface area contributed by atoms with Crippen molar-refractivity contribution < 1.29 is 4.79 Å². The molecule has 1 nitrogen and oxygen atoms in total. The number of ketones is 1. The summed E-state index contributed by atoms with van der Waals surface area (Å²) in [6.45, 7) is 6.41. The fourth-order valence-corrected chi connectivity index (χ4v) is 2.52. The summed E-state index contributed by atoms with van der Waals surface area (Å²) in [6, 6.07) is 0. The molecule has 1 saturated carbocycles. The van der Waals surface area contributed by atoms with Gasteiger partial charge >= 0.3 is 0 Å². The molecule has 1 heteroatoms. The highest BCUT2D eigenvalue weighted by Gasteiger charge is 2.26. The molecule has 0 heterocycles. The molecule has 0 N–H and O–H groups in total. The van der Waals surface area contributed by atoms with Gasteiger partial charge in [0.25, 0.3) is 0 Å². The molecule has 0 amide bonds. The molecule has 1 aliphatic rings. The van der Waals surface area contributed by atoms with Crippen LogP contribution < -0.4 is 0 Å². The van der Waals surface area contributed by atoms with Gasteiger partial charge in [0.15, 0.2) is 0 Å². The molecular formula is C12H22O. The van der Waals surface area contributed by atoms with Crippen molar-refractivity contribution in [1.82, 2.24) is 0 Å². The van der Waals surface area contributed by atoms with Crippen LogP contribution in [-0.4, -0.2) is 5.78 Å². The normalized spacial score (nSPS) is 31.3. The Labute approximate surface area is 81.9 Å². The van der Waals surface area contributed by atoms with Crippen LogP contribution in [0.15, 0.2) is 0 Å². The van der Waals surface area contributed by atoms with Crippen LogP contribution in [0.1, 0.15) is 52.9 Å². The van der Waals surface area contributed by atoms with Crippen LogP contribution in [0, 0.1) is 17.8 Å². The number of Topliss-reactive ketones (excluding diaryl/α,β-unsaturated/α-hetero) is 1. The summed E-state index contributed by atoms with van der Waals surface area (Å²) in [4.78, 5) is 11.5. The molecule has 1 aliphatic carbocycles. The second-order valence-corrected chi connectivity index (χ2v) is 4.64. The lowest BCUT2D eigenvalue weighted by atomic mass is 9.75. The fraction of sp³-hybridized carbons (Fsp3) is 0.917. The zero-order valence-corrected chi connectivity index (χ0v) is 9.18. The van der Waals surface area contributed by atoms with Gasteiger partial charge in [0.05, 0.1) is 0 Å². The molecule has 0 saturated heterocycles. The summed E-state index contributed by atoms with van der Waals surface area (Å²) in [5.74, 6) is 2.29. The van der Waals surface area contributed by atoms with E-state index in [1.165, 1.54) is 25.7 Å². The van der Waals surface area contributed by atoms with Crippen LogP contribution in [0.5, 0.6) is 0 Å². The van der Waals surface area contributed by atoms with Gasteiger partial charge < -0.3 is 0 Å². The van der Waals surface area contributed by atoms with Crippen LogP contribution in [0.4, 0.5) is 0 Å². The van der Waals surface area contributed by atoms with Crippen molar-refractivity contribution in [2.24, 2.45) is 17.8 Å². The predicted molar refractivity (Wildman–Crippen MR) is 55.6 cm³/mol. The second kappa shape index (κ2) is 4.78. The highest BCUT2D eigenvalue weighted by molar-refractivity contribution is 5.80. The summed E-state index contributed by atoms with van der Waals surface area (Å²) in [5.41, 5.74) is 0. The standard InChI is InChI=1S/C12H22O/c1-4-12(13)10(3)11-7-5-6-9(2)8-11/h9-11H,4-8H2,1-3H3. The Morgan fingerprint density at radius 3 is 2.69 bits per heavy atom. The zero-order valence-electron chi connectivity index (χ0n) is 9.18. The minimum Gasteiger partial charge on any atom is -0.299 e. The lowest BCUT2D eigenvalue weighted by molar-refractivity contribution is -0.124. The van der Waals surface area contributed by atoms with Crippen molar-refractivity contribution in [1.29, 1.82) is 0 Å². The second-order valence-electron chi connectivity index (χ2n) is 4.64. The molecule has 0 aromatic carbocycles. The van der Waals surface area contributed by atoms with Crippen LogP contribution in [0.3, 0.4) is 0 Å². The predicted octanol–water partition coefficient (Wildman–Crippen LogP) is 3.43. The van der Waals surface area contributed by atoms with Crippen LogP contribution in [0.25, 0.3) is 0 Å². The lowest BCUT2D eigenvalue weighted by Crippen LogP contribution is -2.25. The quantitative estimate of drug-likeness (QED) is 0.653. The number of rotatable bonds is 3. The molecule has 0 aliphatic heterocycles. The van der Waals surface area contributed by atoms with Crippen molar-refractivity contribution in [2.45, 2.75) is 52.9 Å². The number of hydrogen-bond donors (Lipinski definition) is 0. The summed E-state index contributed by atoms with van der Waals surface area (Å²) >= 11 is 0. The van der Waals surface area contributed by atoms with E-state index in [4.69, 9.17) is 0 Å². The van der Waals surface area contributed by atoms with Crippen molar-refractivity contribution in [3.8, 4) is 0 Å². The van der Waals surface area contributed by atoms with Crippen LogP contribution in [-0.2, 0) is 4.79 Å². The topological polar surface area (TPSA) is 17.1 Å². The molecule has 1 rings (SSSR count). The van der Waals surface area contributed by atoms with Gasteiger partial charge in [0.2, 0.25) is 0 Å². The van der Waals surface area contributed by atoms with Gasteiger partial charge in [0, 0.05) is 12.3 Å². The first-order valence-electron chi connectivity index (χ1n) is 5.67. The van der Waals surface area contributed by atoms with E-state index in [1.807, 2.05) is 6.92 Å². The number of carbonyl (C=O) groups excluding carboxylic acids is 1. The van der Waals surface area contributed by atoms with Crippen LogP contribution in [0.2, 0.25) is 0 Å². The number of carbonyl (C=O) groups is 1. The maximum atomic E-state index is 11.5. The van der Waals surface area contributed by atoms with E-state index < -0.39 is 0 Å². The van der Waals surface area contributed by atoms with Gasteiger partial charge in [-0.25, -0.2) is 0 Å². The molecule has 3 unspecified atom stereocenters. The third-order valence-electron chi connectivity index (χ3n) is 3.54. The largest absolute Gasteiger partial charge is 0.299 e. The Morgan fingerprint density at radius 2 is 2.15 bits per heavy atom. The number of hydrogen-bond acceptors (Lipinski definition) is 1. The smallest absolute Gasteiger partial charge is 0.135 e. The molecule has 1 fully saturated rings. The van der Waals surface area contributed by atoms with Gasteiger partial charge in [-0.3, -0.25) is 4.79 Å². The van der Waals surface area contributed by atoms with E-state index in [0.29, 0.717) is 24.0 Å². The van der Waals surface area contributed by atoms with E-state index in [-0.39, 0.29) is 0 Å². The third-order valence-corrected chi connectivity index (χ3v) is 3.54. The maximum absolute atomic E-state index is 11.5. The Kier molecular flexibility index (Phi) is 3.95. The Balaban J connectivity index is 2.45. The molecule has 0 spiro atoms. The Hall–Kier alpha value is -0.330. The first kappa shape index (κ1) is 10.7. The van der Waals surface area contributed by atoms with E-state index in [2.05, 4.69) is 13.8 Å². The third kappa shape index (κ3) is 2.82. The highest BCUT2D eigenvalue weighted by Crippen LogP contribution is 2.34. The zero-order chi connectivity index (χ0) is 9.84. The average Bonchev–Trinajstić information content (AvgIpc) is 2.15. The van der Waals surface area contributed by atoms with Crippen molar-refractivity contribution in [3.05, 3.63) is 0 Å². The highest BCUT2D eigenvalue weighted by atomic mass is 16.1. The minimum absolute atomic E-state index is 0.313. The summed E-state index contributed by atoms with van der Waals surface area (Å²) in [7, 11) is 0. The van der Waals surface area contributed by atoms with Gasteiger partial charge in [0.1, 0.15) is 5.78 Å². The van der Waals surface area contributed by atoms with Crippen molar-refractivity contribution in [2.75, 3.05) is 0 Å². The molecule has 0 aromatic heterocycles. The minimum atomic E-state index is 0.313. The Morgan fingerprint density at radius 1 is 1.46 bits per heavy atom. The van der Waals surface area contributed by atoms with Gasteiger partial charge in [-0.2, -0.15) is 0 Å². The molecule has 0 radical (unpaired) electrons. The molecule has 76 valence electrons. The monoisotopic (exact) mass is 182 g/mol. The SMILES string of the molecule is CCC(=O)C(C)C1CCCC(C)C1. The molecular weight excluding hydrogens is 160 g/mol. The van der Waals surface area contributed by atoms with E-state index in [1.54, 1.807) is 0 Å². The first-order valence-corrected chi connectivity index (χ1v) is 5.67. The van der Waals surface area contributed by atoms with Gasteiger partial charge in [-0.1, -0.05) is 33.6 Å². The summed E-state index contributed by atoms with van der Waals surface area (Å²) < 4.78 is 0. The molecule has 0 bridgehead atoms. The average molecular weight is 182 g/mol. The van der Waals surface area contributed by atoms with Gasteiger partial charge in [-0.05, 0) is 24.7 Å². The fourth-order valence-electron chi connectivity index (χ4n) is 2.52. The molecule has 13 heavy (non-hydrogen) atoms. The Bertz CT molecular complexity index is 174.